The Bertz CT molecular complexity index is 724. The molecule has 0 saturated carbocycles. The third kappa shape index (κ3) is 4.89. The lowest BCUT2D eigenvalue weighted by molar-refractivity contribution is -0.152. The average molecular weight is 437 g/mol. The molecule has 6 nitrogen and oxygen atoms in total. The van der Waals surface area contributed by atoms with Gasteiger partial charge in [-0.05, 0) is 37.5 Å². The number of piperidine rings is 1. The van der Waals surface area contributed by atoms with Crippen LogP contribution in [-0.4, -0.2) is 53.8 Å². The van der Waals surface area contributed by atoms with Crippen LogP contribution in [0.3, 0.4) is 0 Å². The van der Waals surface area contributed by atoms with E-state index in [1.807, 2.05) is 24.3 Å². The van der Waals surface area contributed by atoms with Crippen LogP contribution in [0.5, 0.6) is 0 Å². The molecule has 1 aromatic carbocycles. The van der Waals surface area contributed by atoms with Crippen LogP contribution in [0.1, 0.15) is 31.7 Å². The molecular formula is C20H25BrN2O4. The van der Waals surface area contributed by atoms with Crippen molar-refractivity contribution >= 4 is 33.7 Å². The minimum atomic E-state index is -0.328. The summed E-state index contributed by atoms with van der Waals surface area (Å²) in [6.45, 7) is 4.12. The van der Waals surface area contributed by atoms with Gasteiger partial charge in [0.2, 0.25) is 11.8 Å². The first-order valence-corrected chi connectivity index (χ1v) is 10.2. The Morgan fingerprint density at radius 3 is 2.81 bits per heavy atom. The maximum atomic E-state index is 12.9. The molecule has 2 atom stereocenters. The SMILES string of the molecule is CCOC(=O)[C@H]1CCCN(C(=O)[C@H]2CC(=O)N(Cc3cccc(Br)c3)C2)C1. The zero-order chi connectivity index (χ0) is 19.4. The van der Waals surface area contributed by atoms with Crippen molar-refractivity contribution in [2.45, 2.75) is 32.7 Å². The van der Waals surface area contributed by atoms with Crippen LogP contribution in [-0.2, 0) is 25.7 Å². The summed E-state index contributed by atoms with van der Waals surface area (Å²) in [5.74, 6) is -0.821. The molecule has 2 heterocycles. The Morgan fingerprint density at radius 2 is 2.07 bits per heavy atom. The number of amides is 2. The quantitative estimate of drug-likeness (QED) is 0.665. The summed E-state index contributed by atoms with van der Waals surface area (Å²) in [5.41, 5.74) is 1.03. The molecule has 2 fully saturated rings. The molecule has 2 aliphatic rings. The van der Waals surface area contributed by atoms with Crippen LogP contribution < -0.4 is 0 Å². The fourth-order valence-electron chi connectivity index (χ4n) is 3.83. The van der Waals surface area contributed by atoms with Crippen molar-refractivity contribution < 1.29 is 19.1 Å². The lowest BCUT2D eigenvalue weighted by Crippen LogP contribution is -2.45. The number of ether oxygens (including phenoxy) is 1. The maximum Gasteiger partial charge on any atom is 0.310 e. The van der Waals surface area contributed by atoms with E-state index in [2.05, 4.69) is 15.9 Å². The fourth-order valence-corrected chi connectivity index (χ4v) is 4.28. The van der Waals surface area contributed by atoms with Crippen molar-refractivity contribution in [3.8, 4) is 0 Å². The Labute approximate surface area is 168 Å². The van der Waals surface area contributed by atoms with Gasteiger partial charge in [-0.1, -0.05) is 28.1 Å². The summed E-state index contributed by atoms with van der Waals surface area (Å²) in [7, 11) is 0. The topological polar surface area (TPSA) is 66.9 Å². The third-order valence-corrected chi connectivity index (χ3v) is 5.67. The number of carbonyl (C=O) groups is 3. The Kier molecular flexibility index (Phi) is 6.52. The highest BCUT2D eigenvalue weighted by Gasteiger charge is 2.38. The molecule has 1 aromatic rings. The standard InChI is InChI=1S/C20H25BrN2O4/c1-2-27-20(26)15-6-4-8-22(12-15)19(25)16-10-18(24)23(13-16)11-14-5-3-7-17(21)9-14/h3,5,7,9,15-16H,2,4,6,8,10-13H2,1H3/t15-,16-/m0/s1. The van der Waals surface area contributed by atoms with E-state index < -0.39 is 0 Å². The van der Waals surface area contributed by atoms with E-state index in [1.165, 1.54) is 0 Å². The molecule has 2 aliphatic heterocycles. The van der Waals surface area contributed by atoms with Gasteiger partial charge in [-0.15, -0.1) is 0 Å². The van der Waals surface area contributed by atoms with Crippen molar-refractivity contribution in [3.05, 3.63) is 34.3 Å². The van der Waals surface area contributed by atoms with E-state index in [1.54, 1.807) is 16.7 Å². The van der Waals surface area contributed by atoms with Crippen LogP contribution in [0.15, 0.2) is 28.7 Å². The molecule has 3 rings (SSSR count). The molecule has 0 aliphatic carbocycles. The molecule has 0 aromatic heterocycles. The van der Waals surface area contributed by atoms with Crippen molar-refractivity contribution in [1.82, 2.24) is 9.80 Å². The number of halogens is 1. The first kappa shape index (κ1) is 19.9. The van der Waals surface area contributed by atoms with Gasteiger partial charge >= 0.3 is 5.97 Å². The molecular weight excluding hydrogens is 412 g/mol. The summed E-state index contributed by atoms with van der Waals surface area (Å²) < 4.78 is 6.07. The van der Waals surface area contributed by atoms with Gasteiger partial charge in [-0.2, -0.15) is 0 Å². The number of carbonyl (C=O) groups excluding carboxylic acids is 3. The van der Waals surface area contributed by atoms with E-state index in [9.17, 15) is 14.4 Å². The molecule has 27 heavy (non-hydrogen) atoms. The number of likely N-dealkylation sites (tertiary alicyclic amines) is 2. The summed E-state index contributed by atoms with van der Waals surface area (Å²) in [6.07, 6.45) is 1.78. The zero-order valence-corrected chi connectivity index (χ0v) is 17.1. The second-order valence-electron chi connectivity index (χ2n) is 7.18. The molecule has 0 radical (unpaired) electrons. The molecule has 2 amide bonds. The Morgan fingerprint density at radius 1 is 1.26 bits per heavy atom. The van der Waals surface area contributed by atoms with Crippen LogP contribution >= 0.6 is 15.9 Å². The van der Waals surface area contributed by atoms with Gasteiger partial charge in [0.05, 0.1) is 18.4 Å². The zero-order valence-electron chi connectivity index (χ0n) is 15.5. The van der Waals surface area contributed by atoms with Crippen molar-refractivity contribution in [3.63, 3.8) is 0 Å². The van der Waals surface area contributed by atoms with E-state index in [0.29, 0.717) is 32.8 Å². The molecule has 7 heteroatoms. The van der Waals surface area contributed by atoms with Gasteiger partial charge in [0.1, 0.15) is 0 Å². The second-order valence-corrected chi connectivity index (χ2v) is 8.10. The fraction of sp³-hybridized carbons (Fsp3) is 0.550. The van der Waals surface area contributed by atoms with Crippen molar-refractivity contribution in [1.29, 1.82) is 0 Å². The molecule has 146 valence electrons. The predicted octanol–water partition coefficient (Wildman–Crippen LogP) is 2.60. The number of nitrogens with zero attached hydrogens (tertiary/aromatic N) is 2. The molecule has 0 unspecified atom stereocenters. The smallest absolute Gasteiger partial charge is 0.310 e. The highest BCUT2D eigenvalue weighted by molar-refractivity contribution is 9.10. The number of rotatable bonds is 5. The number of hydrogen-bond donors (Lipinski definition) is 0. The van der Waals surface area contributed by atoms with Crippen LogP contribution in [0.25, 0.3) is 0 Å². The summed E-state index contributed by atoms with van der Waals surface area (Å²) in [4.78, 5) is 40.8. The van der Waals surface area contributed by atoms with Crippen LogP contribution in [0, 0.1) is 11.8 Å². The lowest BCUT2D eigenvalue weighted by atomic mass is 9.96. The Hall–Kier alpha value is -1.89. The highest BCUT2D eigenvalue weighted by Crippen LogP contribution is 2.26. The minimum Gasteiger partial charge on any atom is -0.466 e. The minimum absolute atomic E-state index is 0.00674. The first-order valence-electron chi connectivity index (χ1n) is 9.45. The average Bonchev–Trinajstić information content (AvgIpc) is 3.02. The predicted molar refractivity (Wildman–Crippen MR) is 104 cm³/mol. The maximum absolute atomic E-state index is 12.9. The van der Waals surface area contributed by atoms with E-state index in [0.717, 1.165) is 22.9 Å². The monoisotopic (exact) mass is 436 g/mol. The first-order chi connectivity index (χ1) is 13.0. The van der Waals surface area contributed by atoms with Crippen molar-refractivity contribution in [2.75, 3.05) is 26.2 Å². The Balaban J connectivity index is 1.59. The number of hydrogen-bond acceptors (Lipinski definition) is 4. The van der Waals surface area contributed by atoms with E-state index in [-0.39, 0.29) is 36.0 Å². The molecule has 0 bridgehead atoms. The van der Waals surface area contributed by atoms with Gasteiger partial charge in [-0.25, -0.2) is 0 Å². The highest BCUT2D eigenvalue weighted by atomic mass is 79.9. The molecule has 2 saturated heterocycles. The van der Waals surface area contributed by atoms with Crippen LogP contribution in [0.2, 0.25) is 0 Å². The van der Waals surface area contributed by atoms with Gasteiger partial charge in [0.25, 0.3) is 0 Å². The van der Waals surface area contributed by atoms with Gasteiger partial charge < -0.3 is 14.5 Å². The second kappa shape index (κ2) is 8.87. The summed E-state index contributed by atoms with van der Waals surface area (Å²) in [5, 5.41) is 0. The van der Waals surface area contributed by atoms with Gasteiger partial charge in [0, 0.05) is 37.1 Å². The summed E-state index contributed by atoms with van der Waals surface area (Å²) in [6, 6.07) is 7.84. The largest absolute Gasteiger partial charge is 0.466 e. The molecule has 0 N–H and O–H groups in total. The summed E-state index contributed by atoms with van der Waals surface area (Å²) >= 11 is 3.44. The number of benzene rings is 1. The van der Waals surface area contributed by atoms with Crippen LogP contribution in [0.4, 0.5) is 0 Å². The van der Waals surface area contributed by atoms with Gasteiger partial charge in [0.15, 0.2) is 0 Å². The lowest BCUT2D eigenvalue weighted by Gasteiger charge is -2.33. The van der Waals surface area contributed by atoms with Gasteiger partial charge in [-0.3, -0.25) is 14.4 Å². The van der Waals surface area contributed by atoms with E-state index >= 15 is 0 Å². The van der Waals surface area contributed by atoms with E-state index in [4.69, 9.17) is 4.74 Å². The van der Waals surface area contributed by atoms with Crippen molar-refractivity contribution in [2.24, 2.45) is 11.8 Å². The molecule has 0 spiro atoms. The third-order valence-electron chi connectivity index (χ3n) is 5.18. The number of esters is 1. The normalized spacial score (nSPS) is 22.8.